The molecule has 0 aromatic carbocycles. The molecule has 1 fully saturated rings. The largest absolute Gasteiger partial charge is 0.354 e. The molecule has 1 atom stereocenters. The fraction of sp³-hybridized carbons (Fsp3) is 0.667. The van der Waals surface area contributed by atoms with Gasteiger partial charge in [0.15, 0.2) is 0 Å². The molecule has 0 bridgehead atoms. The van der Waals surface area contributed by atoms with E-state index in [1.54, 1.807) is 0 Å². The molecular weight excluding hydrogens is 230 g/mol. The summed E-state index contributed by atoms with van der Waals surface area (Å²) in [6, 6.07) is 0.196. The molecule has 0 aliphatic carbocycles. The van der Waals surface area contributed by atoms with Crippen LogP contribution in [0.3, 0.4) is 0 Å². The van der Waals surface area contributed by atoms with E-state index in [2.05, 4.69) is 39.7 Å². The van der Waals surface area contributed by atoms with Crippen LogP contribution in [-0.2, 0) is 17.6 Å². The van der Waals surface area contributed by atoms with Crippen LogP contribution >= 0.6 is 0 Å². The van der Waals surface area contributed by atoms with Gasteiger partial charge < -0.3 is 10.6 Å². The smallest absolute Gasteiger partial charge is 0.243 e. The Morgan fingerprint density at radius 3 is 2.67 bits per heavy atom. The van der Waals surface area contributed by atoms with Crippen molar-refractivity contribution < 1.29 is 4.79 Å². The van der Waals surface area contributed by atoms with Crippen LogP contribution in [0.2, 0.25) is 0 Å². The Morgan fingerprint density at radius 1 is 1.28 bits per heavy atom. The van der Waals surface area contributed by atoms with Gasteiger partial charge >= 0.3 is 0 Å². The van der Waals surface area contributed by atoms with E-state index in [0.717, 1.165) is 30.7 Å². The van der Waals surface area contributed by atoms with Gasteiger partial charge in [-0.3, -0.25) is 4.79 Å². The summed E-state index contributed by atoms with van der Waals surface area (Å²) in [7, 11) is 0. The van der Waals surface area contributed by atoms with Crippen molar-refractivity contribution in [2.24, 2.45) is 0 Å². The van der Waals surface area contributed by atoms with Gasteiger partial charge in [-0.15, -0.1) is 5.10 Å². The average molecular weight is 249 g/mol. The Kier molecular flexibility index (Phi) is 4.07. The number of piperidine rings is 1. The highest BCUT2D eigenvalue weighted by Crippen LogP contribution is 2.11. The number of aryl methyl sites for hydroxylation is 2. The number of carbonyl (C=O) groups excluding carboxylic acids is 1. The molecule has 1 amide bonds. The third kappa shape index (κ3) is 2.94. The Balaban J connectivity index is 2.03. The molecule has 1 unspecified atom stereocenters. The first kappa shape index (κ1) is 12.7. The van der Waals surface area contributed by atoms with Gasteiger partial charge in [0, 0.05) is 19.0 Å². The number of amides is 1. The second-order valence-corrected chi connectivity index (χ2v) is 4.42. The Bertz CT molecular complexity index is 424. The third-order valence-corrected chi connectivity index (χ3v) is 3.11. The number of nitrogens with zero attached hydrogens (tertiary/aromatic N) is 3. The number of nitrogens with one attached hydrogen (secondary N) is 2. The van der Waals surface area contributed by atoms with Crippen LogP contribution in [0.15, 0.2) is 0 Å². The van der Waals surface area contributed by atoms with E-state index in [1.807, 2.05) is 0 Å². The maximum atomic E-state index is 11.1. The monoisotopic (exact) mass is 249 g/mol. The topological polar surface area (TPSA) is 79.8 Å². The van der Waals surface area contributed by atoms with Gasteiger partial charge in [-0.1, -0.05) is 13.8 Å². The van der Waals surface area contributed by atoms with Crippen LogP contribution in [0.1, 0.15) is 38.1 Å². The molecule has 1 aromatic heterocycles. The molecule has 1 aromatic rings. The van der Waals surface area contributed by atoms with Gasteiger partial charge in [-0.05, 0) is 19.3 Å². The van der Waals surface area contributed by atoms with Crippen LogP contribution in [0, 0.1) is 0 Å². The maximum Gasteiger partial charge on any atom is 0.243 e. The summed E-state index contributed by atoms with van der Waals surface area (Å²) in [6.45, 7) is 4.74. The zero-order valence-corrected chi connectivity index (χ0v) is 10.9. The predicted molar refractivity (Wildman–Crippen MR) is 68.2 cm³/mol. The number of rotatable bonds is 4. The zero-order chi connectivity index (χ0) is 13.0. The summed E-state index contributed by atoms with van der Waals surface area (Å²) >= 11 is 0. The Morgan fingerprint density at radius 2 is 2.06 bits per heavy atom. The lowest BCUT2D eigenvalue weighted by molar-refractivity contribution is -0.122. The summed E-state index contributed by atoms with van der Waals surface area (Å²) in [5.74, 6) is 0.674. The van der Waals surface area contributed by atoms with Crippen LogP contribution in [0.5, 0.6) is 0 Å². The minimum absolute atomic E-state index is 0.114. The van der Waals surface area contributed by atoms with Gasteiger partial charge in [0.1, 0.15) is 0 Å². The highest BCUT2D eigenvalue weighted by atomic mass is 16.1. The number of anilines is 1. The number of aromatic nitrogens is 3. The highest BCUT2D eigenvalue weighted by Gasteiger charge is 2.18. The quantitative estimate of drug-likeness (QED) is 0.820. The molecule has 0 spiro atoms. The van der Waals surface area contributed by atoms with E-state index in [0.29, 0.717) is 18.9 Å². The van der Waals surface area contributed by atoms with Crippen molar-refractivity contribution >= 4 is 11.9 Å². The Hall–Kier alpha value is -1.72. The molecule has 98 valence electrons. The first-order valence-electron chi connectivity index (χ1n) is 6.48. The number of hydrogen-bond donors (Lipinski definition) is 2. The molecule has 2 heterocycles. The summed E-state index contributed by atoms with van der Waals surface area (Å²) < 4.78 is 0. The van der Waals surface area contributed by atoms with Crippen LogP contribution in [-0.4, -0.2) is 33.7 Å². The van der Waals surface area contributed by atoms with Gasteiger partial charge in [0.05, 0.1) is 11.4 Å². The van der Waals surface area contributed by atoms with Crippen molar-refractivity contribution in [1.29, 1.82) is 0 Å². The lowest BCUT2D eigenvalue weighted by atomic mass is 10.1. The molecular formula is C12H19N5O. The molecule has 6 nitrogen and oxygen atoms in total. The predicted octanol–water partition coefficient (Wildman–Crippen LogP) is 0.687. The van der Waals surface area contributed by atoms with Crippen molar-refractivity contribution in [3.05, 3.63) is 11.4 Å². The maximum absolute atomic E-state index is 11.1. The lowest BCUT2D eigenvalue weighted by Gasteiger charge is -2.23. The Labute approximate surface area is 107 Å². The van der Waals surface area contributed by atoms with Crippen molar-refractivity contribution in [1.82, 2.24) is 20.5 Å². The van der Waals surface area contributed by atoms with Gasteiger partial charge in [0.2, 0.25) is 11.9 Å². The normalized spacial score (nSPS) is 19.4. The molecule has 2 N–H and O–H groups in total. The van der Waals surface area contributed by atoms with Crippen molar-refractivity contribution in [3.8, 4) is 0 Å². The molecule has 0 radical (unpaired) electrons. The van der Waals surface area contributed by atoms with Gasteiger partial charge in [0.25, 0.3) is 0 Å². The van der Waals surface area contributed by atoms with E-state index >= 15 is 0 Å². The first-order chi connectivity index (χ1) is 8.72. The lowest BCUT2D eigenvalue weighted by Crippen LogP contribution is -2.42. The standard InChI is InChI=1S/C12H19N5O/c1-3-9-10(4-2)16-17-12(15-9)14-8-5-6-11(18)13-7-8/h8H,3-7H2,1-2H3,(H,13,18)(H,14,15,17). The highest BCUT2D eigenvalue weighted by molar-refractivity contribution is 5.76. The van der Waals surface area contributed by atoms with E-state index in [1.165, 1.54) is 0 Å². The SMILES string of the molecule is CCc1nnc(NC2CCC(=O)NC2)nc1CC. The van der Waals surface area contributed by atoms with Crippen molar-refractivity contribution in [2.45, 2.75) is 45.6 Å². The van der Waals surface area contributed by atoms with Crippen LogP contribution in [0.4, 0.5) is 5.95 Å². The summed E-state index contributed by atoms with van der Waals surface area (Å²) in [6.07, 6.45) is 3.07. The second-order valence-electron chi connectivity index (χ2n) is 4.42. The van der Waals surface area contributed by atoms with E-state index in [9.17, 15) is 4.79 Å². The minimum Gasteiger partial charge on any atom is -0.354 e. The first-order valence-corrected chi connectivity index (χ1v) is 6.48. The van der Waals surface area contributed by atoms with Crippen LogP contribution in [0.25, 0.3) is 0 Å². The molecule has 1 aliphatic rings. The summed E-state index contributed by atoms with van der Waals surface area (Å²) in [5.41, 5.74) is 1.95. The average Bonchev–Trinajstić information content (AvgIpc) is 2.41. The van der Waals surface area contributed by atoms with E-state index in [4.69, 9.17) is 0 Å². The molecule has 18 heavy (non-hydrogen) atoms. The number of hydrogen-bond acceptors (Lipinski definition) is 5. The van der Waals surface area contributed by atoms with E-state index in [-0.39, 0.29) is 11.9 Å². The van der Waals surface area contributed by atoms with Crippen molar-refractivity contribution in [2.75, 3.05) is 11.9 Å². The fourth-order valence-corrected chi connectivity index (χ4v) is 2.04. The molecule has 1 aliphatic heterocycles. The summed E-state index contributed by atoms with van der Waals surface area (Å²) in [5, 5.41) is 14.3. The van der Waals surface area contributed by atoms with Crippen LogP contribution < -0.4 is 10.6 Å². The van der Waals surface area contributed by atoms with Gasteiger partial charge in [-0.25, -0.2) is 4.98 Å². The molecule has 0 saturated carbocycles. The second kappa shape index (κ2) is 5.75. The third-order valence-electron chi connectivity index (χ3n) is 3.11. The number of carbonyl (C=O) groups is 1. The molecule has 6 heteroatoms. The summed E-state index contributed by atoms with van der Waals surface area (Å²) in [4.78, 5) is 15.5. The minimum atomic E-state index is 0.114. The molecule has 1 saturated heterocycles. The zero-order valence-electron chi connectivity index (χ0n) is 10.9. The molecule has 2 rings (SSSR count). The van der Waals surface area contributed by atoms with E-state index < -0.39 is 0 Å². The van der Waals surface area contributed by atoms with Gasteiger partial charge in [-0.2, -0.15) is 5.10 Å². The van der Waals surface area contributed by atoms with Crippen molar-refractivity contribution in [3.63, 3.8) is 0 Å². The fourth-order valence-electron chi connectivity index (χ4n) is 2.04.